The molecule has 2 aromatic rings. The summed E-state index contributed by atoms with van der Waals surface area (Å²) in [5.74, 6) is 1.39. The third-order valence-electron chi connectivity index (χ3n) is 3.63. The molecule has 1 aliphatic rings. The summed E-state index contributed by atoms with van der Waals surface area (Å²) in [5, 5.41) is 7.41. The third-order valence-corrected chi connectivity index (χ3v) is 4.50. The van der Waals surface area contributed by atoms with E-state index in [0.717, 1.165) is 24.5 Å². The second-order valence-corrected chi connectivity index (χ2v) is 6.30. The lowest BCUT2D eigenvalue weighted by Gasteiger charge is -2.20. The number of hydrogen-bond donors (Lipinski definition) is 0. The molecule has 19 heavy (non-hydrogen) atoms. The Morgan fingerprint density at radius 2 is 2.42 bits per heavy atom. The summed E-state index contributed by atoms with van der Waals surface area (Å²) in [6.07, 6.45) is 4.32. The fraction of sp³-hybridized carbons (Fsp3) is 0.571. The first-order valence-electron chi connectivity index (χ1n) is 6.83. The molecule has 2 aromatic heterocycles. The normalized spacial score (nSPS) is 20.5. The maximum atomic E-state index is 5.44. The molecule has 0 radical (unpaired) electrons. The van der Waals surface area contributed by atoms with E-state index in [1.165, 1.54) is 17.8 Å². The molecule has 0 spiro atoms. The highest BCUT2D eigenvalue weighted by molar-refractivity contribution is 7.09. The number of likely N-dealkylation sites (tertiary alicyclic amines) is 1. The van der Waals surface area contributed by atoms with Gasteiger partial charge in [0.1, 0.15) is 5.01 Å². The monoisotopic (exact) mass is 277 g/mol. The Morgan fingerprint density at radius 1 is 1.53 bits per heavy atom. The quantitative estimate of drug-likeness (QED) is 0.856. The summed E-state index contributed by atoms with van der Waals surface area (Å²) >= 11 is 1.75. The van der Waals surface area contributed by atoms with Crippen LogP contribution in [0.25, 0.3) is 0 Å². The fourth-order valence-electron chi connectivity index (χ4n) is 2.57. The zero-order valence-electron chi connectivity index (χ0n) is 11.4. The number of nitrogens with zero attached hydrogens (tertiary/aromatic N) is 3. The van der Waals surface area contributed by atoms with Crippen molar-refractivity contribution in [2.75, 3.05) is 6.54 Å². The van der Waals surface area contributed by atoms with E-state index in [4.69, 9.17) is 4.52 Å². The molecule has 0 saturated carbocycles. The first-order chi connectivity index (χ1) is 9.24. The van der Waals surface area contributed by atoms with Crippen molar-refractivity contribution in [2.45, 2.75) is 45.2 Å². The van der Waals surface area contributed by atoms with Crippen LogP contribution in [0.1, 0.15) is 55.1 Å². The maximum absolute atomic E-state index is 5.44. The van der Waals surface area contributed by atoms with Crippen LogP contribution in [-0.4, -0.2) is 21.6 Å². The molecule has 0 N–H and O–H groups in total. The van der Waals surface area contributed by atoms with E-state index in [9.17, 15) is 0 Å². The molecule has 3 heterocycles. The standard InChI is InChI=1S/C14H19N3OS/c1-10(2)12-8-11(18-16-12)9-17-6-3-4-13(17)14-15-5-7-19-14/h5,7-8,10,13H,3-4,6,9H2,1-2H3/t13-/m1/s1. The van der Waals surface area contributed by atoms with Gasteiger partial charge in [-0.25, -0.2) is 4.98 Å². The third kappa shape index (κ3) is 2.72. The van der Waals surface area contributed by atoms with E-state index in [1.54, 1.807) is 11.3 Å². The Hall–Kier alpha value is -1.20. The Balaban J connectivity index is 1.71. The average Bonchev–Trinajstić information content (AvgIpc) is 3.09. The van der Waals surface area contributed by atoms with Gasteiger partial charge in [0.25, 0.3) is 0 Å². The van der Waals surface area contributed by atoms with Crippen molar-refractivity contribution < 1.29 is 4.52 Å². The molecular weight excluding hydrogens is 258 g/mol. The predicted molar refractivity (Wildman–Crippen MR) is 75.1 cm³/mol. The lowest BCUT2D eigenvalue weighted by molar-refractivity contribution is 0.216. The zero-order valence-corrected chi connectivity index (χ0v) is 12.2. The molecule has 1 atom stereocenters. The molecule has 0 amide bonds. The number of aromatic nitrogens is 2. The molecule has 0 bridgehead atoms. The van der Waals surface area contributed by atoms with Gasteiger partial charge in [0, 0.05) is 17.6 Å². The number of thiazole rings is 1. The van der Waals surface area contributed by atoms with Gasteiger partial charge >= 0.3 is 0 Å². The van der Waals surface area contributed by atoms with Crippen LogP contribution in [0.15, 0.2) is 22.2 Å². The van der Waals surface area contributed by atoms with Gasteiger partial charge in [-0.05, 0) is 25.3 Å². The smallest absolute Gasteiger partial charge is 0.151 e. The molecule has 3 rings (SSSR count). The highest BCUT2D eigenvalue weighted by Gasteiger charge is 2.28. The first-order valence-corrected chi connectivity index (χ1v) is 7.71. The maximum Gasteiger partial charge on any atom is 0.151 e. The van der Waals surface area contributed by atoms with Crippen LogP contribution in [0.5, 0.6) is 0 Å². The van der Waals surface area contributed by atoms with Gasteiger partial charge in [-0.3, -0.25) is 4.90 Å². The first kappa shape index (κ1) is 12.8. The highest BCUT2D eigenvalue weighted by atomic mass is 32.1. The van der Waals surface area contributed by atoms with Crippen molar-refractivity contribution in [1.29, 1.82) is 0 Å². The zero-order chi connectivity index (χ0) is 13.2. The minimum absolute atomic E-state index is 0.422. The van der Waals surface area contributed by atoms with Gasteiger partial charge in [0.2, 0.25) is 0 Å². The van der Waals surface area contributed by atoms with Crippen molar-refractivity contribution in [3.05, 3.63) is 34.1 Å². The van der Waals surface area contributed by atoms with Gasteiger partial charge in [0.15, 0.2) is 5.76 Å². The molecular formula is C14H19N3OS. The summed E-state index contributed by atoms with van der Waals surface area (Å²) in [6.45, 7) is 6.22. The molecule has 0 aliphatic carbocycles. The molecule has 1 saturated heterocycles. The largest absolute Gasteiger partial charge is 0.360 e. The lowest BCUT2D eigenvalue weighted by Crippen LogP contribution is -2.22. The second kappa shape index (κ2) is 5.43. The van der Waals surface area contributed by atoms with Crippen molar-refractivity contribution in [2.24, 2.45) is 0 Å². The van der Waals surface area contributed by atoms with Crippen LogP contribution in [0, 0.1) is 0 Å². The van der Waals surface area contributed by atoms with Crippen LogP contribution in [0.4, 0.5) is 0 Å². The Bertz CT molecular complexity index is 521. The second-order valence-electron chi connectivity index (χ2n) is 5.37. The SMILES string of the molecule is CC(C)c1cc(CN2CCC[C@@H]2c2nccs2)on1. The minimum atomic E-state index is 0.422. The molecule has 0 aromatic carbocycles. The van der Waals surface area contributed by atoms with Gasteiger partial charge in [-0.15, -0.1) is 11.3 Å². The molecule has 4 nitrogen and oxygen atoms in total. The van der Waals surface area contributed by atoms with Crippen LogP contribution in [0.3, 0.4) is 0 Å². The molecule has 102 valence electrons. The van der Waals surface area contributed by atoms with E-state index in [1.807, 2.05) is 6.20 Å². The van der Waals surface area contributed by atoms with E-state index >= 15 is 0 Å². The van der Waals surface area contributed by atoms with E-state index in [-0.39, 0.29) is 0 Å². The van der Waals surface area contributed by atoms with Crippen molar-refractivity contribution in [3.8, 4) is 0 Å². The van der Waals surface area contributed by atoms with E-state index in [2.05, 4.69) is 40.3 Å². The van der Waals surface area contributed by atoms with Crippen LogP contribution < -0.4 is 0 Å². The topological polar surface area (TPSA) is 42.2 Å². The highest BCUT2D eigenvalue weighted by Crippen LogP contribution is 2.34. The lowest BCUT2D eigenvalue weighted by atomic mass is 10.1. The van der Waals surface area contributed by atoms with E-state index in [0.29, 0.717) is 12.0 Å². The summed E-state index contributed by atoms with van der Waals surface area (Å²) in [6, 6.07) is 2.54. The Labute approximate surface area is 117 Å². The average molecular weight is 277 g/mol. The van der Waals surface area contributed by atoms with Gasteiger partial charge in [-0.2, -0.15) is 0 Å². The molecule has 1 aliphatic heterocycles. The Morgan fingerprint density at radius 3 is 3.11 bits per heavy atom. The van der Waals surface area contributed by atoms with Crippen molar-refractivity contribution in [1.82, 2.24) is 15.0 Å². The van der Waals surface area contributed by atoms with Crippen molar-refractivity contribution >= 4 is 11.3 Å². The van der Waals surface area contributed by atoms with Crippen molar-refractivity contribution in [3.63, 3.8) is 0 Å². The van der Waals surface area contributed by atoms with Gasteiger partial charge in [0.05, 0.1) is 18.3 Å². The summed E-state index contributed by atoms with van der Waals surface area (Å²) in [7, 11) is 0. The van der Waals surface area contributed by atoms with E-state index < -0.39 is 0 Å². The Kier molecular flexibility index (Phi) is 3.66. The number of rotatable bonds is 4. The number of hydrogen-bond acceptors (Lipinski definition) is 5. The van der Waals surface area contributed by atoms with Gasteiger partial charge in [-0.1, -0.05) is 19.0 Å². The predicted octanol–water partition coefficient (Wildman–Crippen LogP) is 3.59. The molecule has 5 heteroatoms. The summed E-state index contributed by atoms with van der Waals surface area (Å²) in [4.78, 5) is 6.90. The van der Waals surface area contributed by atoms with Crippen LogP contribution in [-0.2, 0) is 6.54 Å². The van der Waals surface area contributed by atoms with Crippen LogP contribution >= 0.6 is 11.3 Å². The molecule has 1 fully saturated rings. The summed E-state index contributed by atoms with van der Waals surface area (Å²) < 4.78 is 5.44. The fourth-order valence-corrected chi connectivity index (χ4v) is 3.38. The minimum Gasteiger partial charge on any atom is -0.360 e. The molecule has 0 unspecified atom stereocenters. The van der Waals surface area contributed by atoms with Crippen LogP contribution in [0.2, 0.25) is 0 Å². The van der Waals surface area contributed by atoms with Gasteiger partial charge < -0.3 is 4.52 Å². The summed E-state index contributed by atoms with van der Waals surface area (Å²) in [5.41, 5.74) is 1.04.